The van der Waals surface area contributed by atoms with Gasteiger partial charge >= 0.3 is 0 Å². The summed E-state index contributed by atoms with van der Waals surface area (Å²) in [7, 11) is 0. The largest absolute Gasteiger partial charge is 0.455 e. The zero-order valence-corrected chi connectivity index (χ0v) is 15.1. The van der Waals surface area contributed by atoms with Crippen molar-refractivity contribution in [3.05, 3.63) is 41.7 Å². The van der Waals surface area contributed by atoms with Gasteiger partial charge in [0, 0.05) is 29.1 Å². The van der Waals surface area contributed by atoms with E-state index in [9.17, 15) is 0 Å². The standard InChI is InChI=1S/C19H20ClN5O/c20-15-3-1-13(2-4-15)16-9-17(23-12-22-16)24-18-21-10-19(26-18)11-25-7-5-14(19)6-8-25/h1-4,9,12,14H,5-8,10-11H2,(H,21,22,23,24)/t19-/m0/s1. The molecule has 1 aromatic carbocycles. The molecule has 3 fully saturated rings. The molecule has 134 valence electrons. The summed E-state index contributed by atoms with van der Waals surface area (Å²) in [5, 5.41) is 3.93. The second kappa shape index (κ2) is 6.21. The number of rotatable bonds is 2. The van der Waals surface area contributed by atoms with Crippen LogP contribution in [0.5, 0.6) is 0 Å². The molecule has 0 unspecified atom stereocenters. The normalized spacial score (nSPS) is 29.5. The highest BCUT2D eigenvalue weighted by Crippen LogP contribution is 2.40. The summed E-state index contributed by atoms with van der Waals surface area (Å²) in [6.45, 7) is 4.08. The molecular formula is C19H20ClN5O. The molecule has 0 amide bonds. The molecule has 0 aliphatic carbocycles. The molecule has 26 heavy (non-hydrogen) atoms. The quantitative estimate of drug-likeness (QED) is 0.881. The van der Waals surface area contributed by atoms with Crippen molar-refractivity contribution < 1.29 is 4.74 Å². The highest BCUT2D eigenvalue weighted by Gasteiger charge is 2.51. The van der Waals surface area contributed by atoms with Gasteiger partial charge in [0.1, 0.15) is 17.7 Å². The lowest BCUT2D eigenvalue weighted by atomic mass is 9.75. The number of amidine groups is 1. The van der Waals surface area contributed by atoms with Crippen molar-refractivity contribution in [3.63, 3.8) is 0 Å². The Balaban J connectivity index is 1.31. The van der Waals surface area contributed by atoms with Gasteiger partial charge in [0.2, 0.25) is 0 Å². The Morgan fingerprint density at radius 3 is 2.69 bits per heavy atom. The Morgan fingerprint density at radius 2 is 1.96 bits per heavy atom. The molecule has 0 saturated carbocycles. The maximum Gasteiger partial charge on any atom is 0.291 e. The van der Waals surface area contributed by atoms with Crippen molar-refractivity contribution in [2.75, 3.05) is 31.5 Å². The number of aliphatic imine (C=N–C) groups is 1. The molecular weight excluding hydrogens is 350 g/mol. The van der Waals surface area contributed by atoms with Crippen molar-refractivity contribution in [3.8, 4) is 11.3 Å². The van der Waals surface area contributed by atoms with E-state index in [2.05, 4.69) is 25.2 Å². The van der Waals surface area contributed by atoms with Crippen LogP contribution < -0.4 is 5.32 Å². The molecule has 1 N–H and O–H groups in total. The van der Waals surface area contributed by atoms with E-state index in [1.54, 1.807) is 6.33 Å². The molecule has 2 aromatic rings. The van der Waals surface area contributed by atoms with E-state index >= 15 is 0 Å². The number of aromatic nitrogens is 2. The third-order valence-electron chi connectivity index (χ3n) is 5.66. The number of hydrogen-bond donors (Lipinski definition) is 1. The van der Waals surface area contributed by atoms with Crippen molar-refractivity contribution in [1.82, 2.24) is 14.9 Å². The summed E-state index contributed by atoms with van der Waals surface area (Å²) >= 11 is 5.96. The maximum atomic E-state index is 6.31. The van der Waals surface area contributed by atoms with Crippen LogP contribution in [0.2, 0.25) is 5.02 Å². The Kier molecular flexibility index (Phi) is 3.83. The van der Waals surface area contributed by atoms with Crippen molar-refractivity contribution in [1.29, 1.82) is 0 Å². The first-order valence-electron chi connectivity index (χ1n) is 9.01. The second-order valence-electron chi connectivity index (χ2n) is 7.26. The van der Waals surface area contributed by atoms with Gasteiger partial charge < -0.3 is 4.74 Å². The summed E-state index contributed by atoms with van der Waals surface area (Å²) in [6.07, 6.45) is 3.96. The minimum Gasteiger partial charge on any atom is -0.455 e. The molecule has 1 aromatic heterocycles. The maximum absolute atomic E-state index is 6.31. The zero-order chi connectivity index (χ0) is 17.6. The average Bonchev–Trinajstić information content (AvgIpc) is 3.05. The van der Waals surface area contributed by atoms with Gasteiger partial charge in [0.15, 0.2) is 0 Å². The predicted octanol–water partition coefficient (Wildman–Crippen LogP) is 3.06. The van der Waals surface area contributed by atoms with Crippen LogP contribution in [0.4, 0.5) is 5.82 Å². The van der Waals surface area contributed by atoms with Crippen molar-refractivity contribution in [2.45, 2.75) is 18.4 Å². The molecule has 1 spiro atoms. The highest BCUT2D eigenvalue weighted by atomic mass is 35.5. The highest BCUT2D eigenvalue weighted by molar-refractivity contribution is 6.30. The molecule has 7 heteroatoms. The lowest BCUT2D eigenvalue weighted by Crippen LogP contribution is -2.61. The Labute approximate surface area is 157 Å². The number of fused-ring (bicyclic) bond motifs is 2. The van der Waals surface area contributed by atoms with Gasteiger partial charge in [-0.2, -0.15) is 0 Å². The van der Waals surface area contributed by atoms with Crippen LogP contribution in [-0.2, 0) is 4.74 Å². The fourth-order valence-electron chi connectivity index (χ4n) is 4.26. The van der Waals surface area contributed by atoms with E-state index in [0.29, 0.717) is 22.8 Å². The topological polar surface area (TPSA) is 62.6 Å². The van der Waals surface area contributed by atoms with Crippen molar-refractivity contribution >= 4 is 23.4 Å². The third kappa shape index (κ3) is 2.83. The first-order valence-corrected chi connectivity index (χ1v) is 9.39. The predicted molar refractivity (Wildman–Crippen MR) is 101 cm³/mol. The van der Waals surface area contributed by atoms with E-state index in [0.717, 1.165) is 24.3 Å². The van der Waals surface area contributed by atoms with Crippen LogP contribution in [0.25, 0.3) is 11.3 Å². The van der Waals surface area contributed by atoms with Gasteiger partial charge in [-0.15, -0.1) is 0 Å². The molecule has 1 atom stereocenters. The number of benzene rings is 1. The first-order chi connectivity index (χ1) is 12.7. The fraction of sp³-hybridized carbons (Fsp3) is 0.421. The van der Waals surface area contributed by atoms with E-state index in [-0.39, 0.29) is 5.60 Å². The van der Waals surface area contributed by atoms with Gasteiger partial charge in [-0.05, 0) is 38.1 Å². The van der Waals surface area contributed by atoms with Crippen LogP contribution in [-0.4, -0.2) is 52.7 Å². The monoisotopic (exact) mass is 369 g/mol. The van der Waals surface area contributed by atoms with Crippen LogP contribution in [0.15, 0.2) is 41.7 Å². The SMILES string of the molecule is Clc1ccc(-c2cc(NC3=NC[C@@]4(CN5CCC4CC5)O3)ncn2)cc1. The molecule has 6 nitrogen and oxygen atoms in total. The minimum atomic E-state index is -0.148. The molecule has 2 bridgehead atoms. The molecule has 4 aliphatic rings. The third-order valence-corrected chi connectivity index (χ3v) is 5.91. The van der Waals surface area contributed by atoms with Gasteiger partial charge in [-0.25, -0.2) is 15.0 Å². The number of anilines is 1. The number of nitrogens with one attached hydrogen (secondary N) is 1. The summed E-state index contributed by atoms with van der Waals surface area (Å²) in [5.74, 6) is 1.28. The Bertz CT molecular complexity index is 847. The summed E-state index contributed by atoms with van der Waals surface area (Å²) in [4.78, 5) is 15.8. The van der Waals surface area contributed by atoms with E-state index in [1.807, 2.05) is 30.3 Å². The summed E-state index contributed by atoms with van der Waals surface area (Å²) in [5.41, 5.74) is 1.67. The van der Waals surface area contributed by atoms with E-state index < -0.39 is 0 Å². The minimum absolute atomic E-state index is 0.148. The van der Waals surface area contributed by atoms with Crippen molar-refractivity contribution in [2.24, 2.45) is 10.9 Å². The van der Waals surface area contributed by atoms with E-state index in [4.69, 9.17) is 16.3 Å². The molecule has 6 rings (SSSR count). The Hall–Kier alpha value is -2.18. The summed E-state index contributed by atoms with van der Waals surface area (Å²) < 4.78 is 6.31. The van der Waals surface area contributed by atoms with Gasteiger partial charge in [0.25, 0.3) is 6.02 Å². The van der Waals surface area contributed by atoms with Crippen LogP contribution in [0.1, 0.15) is 12.8 Å². The Morgan fingerprint density at radius 1 is 1.15 bits per heavy atom. The number of halogens is 1. The molecule has 3 saturated heterocycles. The van der Waals surface area contributed by atoms with Gasteiger partial charge in [-0.1, -0.05) is 23.7 Å². The second-order valence-corrected chi connectivity index (χ2v) is 7.70. The molecule has 4 aliphatic heterocycles. The summed E-state index contributed by atoms with van der Waals surface area (Å²) in [6, 6.07) is 10.1. The number of hydrogen-bond acceptors (Lipinski definition) is 6. The number of ether oxygens (including phenoxy) is 1. The van der Waals surface area contributed by atoms with Crippen LogP contribution in [0, 0.1) is 5.92 Å². The van der Waals surface area contributed by atoms with Crippen LogP contribution >= 0.6 is 11.6 Å². The molecule has 5 heterocycles. The molecule has 0 radical (unpaired) electrons. The lowest BCUT2D eigenvalue weighted by Gasteiger charge is -2.50. The van der Waals surface area contributed by atoms with Crippen LogP contribution in [0.3, 0.4) is 0 Å². The first kappa shape index (κ1) is 16.0. The lowest BCUT2D eigenvalue weighted by molar-refractivity contribution is -0.0829. The number of nitrogens with zero attached hydrogens (tertiary/aromatic N) is 4. The zero-order valence-electron chi connectivity index (χ0n) is 14.4. The van der Waals surface area contributed by atoms with Gasteiger partial charge in [0.05, 0.1) is 12.2 Å². The average molecular weight is 370 g/mol. The van der Waals surface area contributed by atoms with E-state index in [1.165, 1.54) is 25.9 Å². The fourth-order valence-corrected chi connectivity index (χ4v) is 4.39. The number of piperidine rings is 3. The smallest absolute Gasteiger partial charge is 0.291 e. The van der Waals surface area contributed by atoms with Gasteiger partial charge in [-0.3, -0.25) is 10.2 Å².